The Morgan fingerprint density at radius 2 is 1.92 bits per heavy atom. The topological polar surface area (TPSA) is 55.2 Å². The van der Waals surface area contributed by atoms with Crippen LogP contribution in [0.15, 0.2) is 48.0 Å². The average Bonchev–Trinajstić information content (AvgIpc) is 3.49. The Balaban J connectivity index is 1.48. The van der Waals surface area contributed by atoms with Crippen LogP contribution in [0.3, 0.4) is 0 Å². The van der Waals surface area contributed by atoms with Gasteiger partial charge >= 0.3 is 0 Å². The Hall–Kier alpha value is -2.62. The van der Waals surface area contributed by atoms with E-state index in [1.807, 2.05) is 19.2 Å². The number of non-ortho nitro benzene ring substituents is 1. The minimum absolute atomic E-state index is 0.145. The molecular formula is C22H24N2O2. The fourth-order valence-corrected chi connectivity index (χ4v) is 3.79. The monoisotopic (exact) mass is 348 g/mol. The van der Waals surface area contributed by atoms with Gasteiger partial charge in [-0.3, -0.25) is 10.1 Å². The molecule has 26 heavy (non-hydrogen) atoms. The summed E-state index contributed by atoms with van der Waals surface area (Å²) in [6, 6.07) is 13.7. The van der Waals surface area contributed by atoms with Gasteiger partial charge in [-0.25, -0.2) is 0 Å². The molecule has 2 aliphatic carbocycles. The molecule has 2 saturated carbocycles. The molecule has 134 valence electrons. The van der Waals surface area contributed by atoms with Crippen molar-refractivity contribution in [1.82, 2.24) is 0 Å². The summed E-state index contributed by atoms with van der Waals surface area (Å²) in [6.07, 6.45) is 8.25. The molecule has 0 spiro atoms. The molecule has 0 saturated heterocycles. The highest BCUT2D eigenvalue weighted by molar-refractivity contribution is 5.58. The SMILES string of the molecule is CNc1cc(C2CC2)ccc1CC1CC/C1=C\c1ccc([N+](=O)[O-])cc1. The minimum atomic E-state index is -0.354. The van der Waals surface area contributed by atoms with Crippen LogP contribution in [0.1, 0.15) is 48.3 Å². The smallest absolute Gasteiger partial charge is 0.269 e. The molecular weight excluding hydrogens is 324 g/mol. The third-order valence-corrected chi connectivity index (χ3v) is 5.68. The summed E-state index contributed by atoms with van der Waals surface area (Å²) in [7, 11) is 2.00. The second-order valence-electron chi connectivity index (χ2n) is 7.45. The van der Waals surface area contributed by atoms with E-state index in [1.54, 1.807) is 12.1 Å². The van der Waals surface area contributed by atoms with Crippen LogP contribution in [0.4, 0.5) is 11.4 Å². The summed E-state index contributed by atoms with van der Waals surface area (Å²) in [4.78, 5) is 10.4. The molecule has 0 heterocycles. The van der Waals surface area contributed by atoms with Crippen molar-refractivity contribution in [3.8, 4) is 0 Å². The van der Waals surface area contributed by atoms with Gasteiger partial charge in [0.15, 0.2) is 0 Å². The number of nitro groups is 1. The Kier molecular flexibility index (Phi) is 4.49. The van der Waals surface area contributed by atoms with Crippen molar-refractivity contribution in [3.63, 3.8) is 0 Å². The number of nitro benzene ring substituents is 1. The number of anilines is 1. The highest BCUT2D eigenvalue weighted by Crippen LogP contribution is 2.43. The molecule has 2 aliphatic rings. The zero-order valence-electron chi connectivity index (χ0n) is 15.1. The molecule has 0 aromatic heterocycles. The zero-order chi connectivity index (χ0) is 18.1. The van der Waals surface area contributed by atoms with Gasteiger partial charge in [-0.2, -0.15) is 0 Å². The van der Waals surface area contributed by atoms with Crippen LogP contribution in [0.25, 0.3) is 6.08 Å². The lowest BCUT2D eigenvalue weighted by Gasteiger charge is -2.31. The first-order chi connectivity index (χ1) is 12.6. The Morgan fingerprint density at radius 1 is 1.15 bits per heavy atom. The number of rotatable bonds is 6. The maximum atomic E-state index is 10.8. The van der Waals surface area contributed by atoms with E-state index in [4.69, 9.17) is 0 Å². The lowest BCUT2D eigenvalue weighted by atomic mass is 9.74. The highest BCUT2D eigenvalue weighted by atomic mass is 16.6. The van der Waals surface area contributed by atoms with E-state index < -0.39 is 0 Å². The molecule has 0 radical (unpaired) electrons. The van der Waals surface area contributed by atoms with Crippen LogP contribution in [-0.2, 0) is 6.42 Å². The quantitative estimate of drug-likeness (QED) is 0.550. The van der Waals surface area contributed by atoms with Crippen LogP contribution >= 0.6 is 0 Å². The van der Waals surface area contributed by atoms with Gasteiger partial charge in [0, 0.05) is 24.9 Å². The van der Waals surface area contributed by atoms with Crippen molar-refractivity contribution in [3.05, 3.63) is 74.8 Å². The van der Waals surface area contributed by atoms with E-state index >= 15 is 0 Å². The average molecular weight is 348 g/mol. The van der Waals surface area contributed by atoms with Crippen LogP contribution in [-0.4, -0.2) is 12.0 Å². The van der Waals surface area contributed by atoms with Gasteiger partial charge in [0.1, 0.15) is 0 Å². The normalized spacial score (nSPS) is 20.7. The fraction of sp³-hybridized carbons (Fsp3) is 0.364. The summed E-state index contributed by atoms with van der Waals surface area (Å²) in [5.74, 6) is 1.35. The molecule has 1 N–H and O–H groups in total. The van der Waals surface area contributed by atoms with Gasteiger partial charge < -0.3 is 5.32 Å². The molecule has 1 atom stereocenters. The van der Waals surface area contributed by atoms with Crippen molar-refractivity contribution in [2.75, 3.05) is 12.4 Å². The van der Waals surface area contributed by atoms with Gasteiger partial charge in [-0.1, -0.05) is 23.8 Å². The molecule has 4 rings (SSSR count). The Labute approximate surface area is 154 Å². The zero-order valence-corrected chi connectivity index (χ0v) is 15.1. The number of hydrogen-bond acceptors (Lipinski definition) is 3. The van der Waals surface area contributed by atoms with Crippen molar-refractivity contribution in [2.24, 2.45) is 5.92 Å². The first-order valence-corrected chi connectivity index (χ1v) is 9.39. The van der Waals surface area contributed by atoms with Crippen LogP contribution in [0.5, 0.6) is 0 Å². The van der Waals surface area contributed by atoms with Gasteiger partial charge in [-0.05, 0) is 78.8 Å². The second-order valence-corrected chi connectivity index (χ2v) is 7.45. The molecule has 2 aromatic carbocycles. The third kappa shape index (κ3) is 3.50. The third-order valence-electron chi connectivity index (χ3n) is 5.68. The summed E-state index contributed by atoms with van der Waals surface area (Å²) in [5, 5.41) is 14.1. The predicted molar refractivity (Wildman–Crippen MR) is 105 cm³/mol. The van der Waals surface area contributed by atoms with Crippen molar-refractivity contribution in [1.29, 1.82) is 0 Å². The first kappa shape index (κ1) is 16.8. The largest absolute Gasteiger partial charge is 0.388 e. The number of nitrogens with one attached hydrogen (secondary N) is 1. The fourth-order valence-electron chi connectivity index (χ4n) is 3.79. The van der Waals surface area contributed by atoms with Crippen molar-refractivity contribution >= 4 is 17.5 Å². The van der Waals surface area contributed by atoms with E-state index in [9.17, 15) is 10.1 Å². The maximum absolute atomic E-state index is 10.8. The van der Waals surface area contributed by atoms with Gasteiger partial charge in [0.25, 0.3) is 5.69 Å². The summed E-state index contributed by atoms with van der Waals surface area (Å²) in [5.41, 5.74) is 6.76. The first-order valence-electron chi connectivity index (χ1n) is 9.39. The predicted octanol–water partition coefficient (Wildman–Crippen LogP) is 5.55. The maximum Gasteiger partial charge on any atom is 0.269 e. The van der Waals surface area contributed by atoms with E-state index in [1.165, 1.54) is 41.6 Å². The van der Waals surface area contributed by atoms with Crippen molar-refractivity contribution in [2.45, 2.75) is 38.0 Å². The van der Waals surface area contributed by atoms with Gasteiger partial charge in [-0.15, -0.1) is 0 Å². The lowest BCUT2D eigenvalue weighted by molar-refractivity contribution is -0.384. The summed E-state index contributed by atoms with van der Waals surface area (Å²) in [6.45, 7) is 0. The molecule has 0 amide bonds. The van der Waals surface area contributed by atoms with Gasteiger partial charge in [0.2, 0.25) is 0 Å². The second kappa shape index (κ2) is 6.94. The summed E-state index contributed by atoms with van der Waals surface area (Å²) < 4.78 is 0. The molecule has 2 fully saturated rings. The van der Waals surface area contributed by atoms with Crippen LogP contribution < -0.4 is 5.32 Å². The van der Waals surface area contributed by atoms with Crippen LogP contribution in [0, 0.1) is 16.0 Å². The summed E-state index contributed by atoms with van der Waals surface area (Å²) >= 11 is 0. The number of hydrogen-bond donors (Lipinski definition) is 1. The molecule has 0 bridgehead atoms. The molecule has 4 heteroatoms. The Morgan fingerprint density at radius 3 is 2.50 bits per heavy atom. The molecule has 4 nitrogen and oxygen atoms in total. The standard InChI is InChI=1S/C22H24N2O2/c1-23-22-14-19(16-4-5-16)8-9-20(22)13-18-7-6-17(18)12-15-2-10-21(11-3-15)24(25)26/h2-3,8-12,14,16,18,23H,4-7,13H2,1H3/b17-12+. The number of allylic oxidation sites excluding steroid dienone is 1. The van der Waals surface area contributed by atoms with Gasteiger partial charge in [0.05, 0.1) is 4.92 Å². The van der Waals surface area contributed by atoms with E-state index in [0.717, 1.165) is 24.3 Å². The van der Waals surface area contributed by atoms with E-state index in [0.29, 0.717) is 5.92 Å². The molecule has 1 unspecified atom stereocenters. The highest BCUT2D eigenvalue weighted by Gasteiger charge is 2.27. The van der Waals surface area contributed by atoms with E-state index in [-0.39, 0.29) is 10.6 Å². The number of nitrogens with zero attached hydrogens (tertiary/aromatic N) is 1. The molecule has 0 aliphatic heterocycles. The lowest BCUT2D eigenvalue weighted by Crippen LogP contribution is -2.18. The van der Waals surface area contributed by atoms with E-state index in [2.05, 4.69) is 29.6 Å². The Bertz CT molecular complexity index is 851. The number of benzene rings is 2. The molecule has 2 aromatic rings. The van der Waals surface area contributed by atoms with Crippen molar-refractivity contribution < 1.29 is 4.92 Å². The minimum Gasteiger partial charge on any atom is -0.388 e. The van der Waals surface area contributed by atoms with Crippen LogP contribution in [0.2, 0.25) is 0 Å².